The number of fused-ring (bicyclic) bond motifs is 1. The fourth-order valence-corrected chi connectivity index (χ4v) is 4.64. The van der Waals surface area contributed by atoms with Gasteiger partial charge in [0.1, 0.15) is 17.1 Å². The SMILES string of the molecule is O=C(Cc1cccs1)NC1C(=O)N2C(C(=O)O)=C(CO)CS[C@@H]12. The van der Waals surface area contributed by atoms with Crippen molar-refractivity contribution in [3.8, 4) is 0 Å². The highest BCUT2D eigenvalue weighted by Crippen LogP contribution is 2.40. The van der Waals surface area contributed by atoms with Crippen LogP contribution >= 0.6 is 23.1 Å². The van der Waals surface area contributed by atoms with Crippen LogP contribution in [0, 0.1) is 0 Å². The lowest BCUT2D eigenvalue weighted by atomic mass is 10.0. The topological polar surface area (TPSA) is 107 Å². The molecule has 0 saturated carbocycles. The average molecular weight is 354 g/mol. The van der Waals surface area contributed by atoms with Crippen molar-refractivity contribution >= 4 is 40.9 Å². The van der Waals surface area contributed by atoms with Crippen LogP contribution in [0.4, 0.5) is 0 Å². The Morgan fingerprint density at radius 1 is 1.43 bits per heavy atom. The number of nitrogens with zero attached hydrogens (tertiary/aromatic N) is 1. The number of hydrogen-bond acceptors (Lipinski definition) is 6. The van der Waals surface area contributed by atoms with Gasteiger partial charge in [-0.15, -0.1) is 23.1 Å². The molecule has 1 saturated heterocycles. The number of β-lactam (4-membered cyclic amide) rings is 1. The Morgan fingerprint density at radius 2 is 2.22 bits per heavy atom. The number of carboxylic acid groups (broad SMARTS) is 1. The maximum absolute atomic E-state index is 12.2. The molecule has 7 nitrogen and oxygen atoms in total. The van der Waals surface area contributed by atoms with Crippen LogP contribution < -0.4 is 5.32 Å². The van der Waals surface area contributed by atoms with Crippen molar-refractivity contribution in [3.05, 3.63) is 33.7 Å². The number of hydrogen-bond donors (Lipinski definition) is 3. The fraction of sp³-hybridized carbons (Fsp3) is 0.357. The molecule has 0 bridgehead atoms. The molecule has 0 aromatic carbocycles. The third-order valence-electron chi connectivity index (χ3n) is 3.67. The van der Waals surface area contributed by atoms with E-state index in [4.69, 9.17) is 0 Å². The lowest BCUT2D eigenvalue weighted by Crippen LogP contribution is -2.70. The predicted molar refractivity (Wildman–Crippen MR) is 84.8 cm³/mol. The number of carbonyl (C=O) groups is 3. The summed E-state index contributed by atoms with van der Waals surface area (Å²) in [5, 5.41) is 22.6. The summed E-state index contributed by atoms with van der Waals surface area (Å²) in [6.45, 7) is -0.402. The van der Waals surface area contributed by atoms with Crippen LogP contribution in [-0.4, -0.2) is 56.7 Å². The summed E-state index contributed by atoms with van der Waals surface area (Å²) in [6.07, 6.45) is 0.197. The van der Waals surface area contributed by atoms with Crippen molar-refractivity contribution < 1.29 is 24.6 Å². The number of carboxylic acids is 1. The number of carbonyl (C=O) groups excluding carboxylic acids is 2. The molecule has 2 aliphatic heterocycles. The molecule has 3 N–H and O–H groups in total. The molecule has 2 amide bonds. The molecular formula is C14H14N2O5S2. The van der Waals surface area contributed by atoms with Gasteiger partial charge in [0.05, 0.1) is 13.0 Å². The summed E-state index contributed by atoms with van der Waals surface area (Å²) >= 11 is 2.80. The summed E-state index contributed by atoms with van der Waals surface area (Å²) in [6, 6.07) is 2.97. The minimum Gasteiger partial charge on any atom is -0.477 e. The monoisotopic (exact) mass is 354 g/mol. The number of nitrogens with one attached hydrogen (secondary N) is 1. The third kappa shape index (κ3) is 2.87. The minimum absolute atomic E-state index is 0.162. The van der Waals surface area contributed by atoms with Crippen LogP contribution in [0.1, 0.15) is 4.88 Å². The van der Waals surface area contributed by atoms with E-state index in [1.54, 1.807) is 0 Å². The zero-order valence-electron chi connectivity index (χ0n) is 11.9. The van der Waals surface area contributed by atoms with Gasteiger partial charge in [-0.05, 0) is 17.0 Å². The highest BCUT2D eigenvalue weighted by Gasteiger charge is 2.54. The van der Waals surface area contributed by atoms with Crippen molar-refractivity contribution in [2.75, 3.05) is 12.4 Å². The third-order valence-corrected chi connectivity index (χ3v) is 5.89. The Hall–Kier alpha value is -1.84. The molecule has 2 aliphatic rings. The van der Waals surface area contributed by atoms with E-state index < -0.39 is 29.9 Å². The Morgan fingerprint density at radius 3 is 2.83 bits per heavy atom. The Labute approximate surface area is 140 Å². The molecule has 1 aromatic heterocycles. The molecule has 122 valence electrons. The first-order valence-electron chi connectivity index (χ1n) is 6.85. The Kier molecular flexibility index (Phi) is 4.42. The average Bonchev–Trinajstić information content (AvgIpc) is 3.03. The van der Waals surface area contributed by atoms with Crippen LogP contribution in [0.25, 0.3) is 0 Å². The van der Waals surface area contributed by atoms with Gasteiger partial charge in [-0.2, -0.15) is 0 Å². The Balaban J connectivity index is 1.69. The van der Waals surface area contributed by atoms with Crippen LogP contribution in [0.5, 0.6) is 0 Å². The summed E-state index contributed by atoms with van der Waals surface area (Å²) < 4.78 is 0. The van der Waals surface area contributed by atoms with E-state index in [2.05, 4.69) is 5.32 Å². The second-order valence-corrected chi connectivity index (χ2v) is 7.26. The number of rotatable bonds is 5. The molecule has 3 heterocycles. The number of aliphatic hydroxyl groups excluding tert-OH is 1. The van der Waals surface area contributed by atoms with Gasteiger partial charge >= 0.3 is 5.97 Å². The summed E-state index contributed by atoms with van der Waals surface area (Å²) in [7, 11) is 0. The largest absolute Gasteiger partial charge is 0.477 e. The van der Waals surface area contributed by atoms with Gasteiger partial charge in [0.2, 0.25) is 5.91 Å². The van der Waals surface area contributed by atoms with Crippen LogP contribution in [-0.2, 0) is 20.8 Å². The van der Waals surface area contributed by atoms with E-state index in [0.29, 0.717) is 11.3 Å². The van der Waals surface area contributed by atoms with Gasteiger partial charge in [0.15, 0.2) is 0 Å². The molecule has 23 heavy (non-hydrogen) atoms. The Bertz CT molecular complexity index is 685. The van der Waals surface area contributed by atoms with Gasteiger partial charge in [0.25, 0.3) is 5.91 Å². The van der Waals surface area contributed by atoms with Crippen molar-refractivity contribution in [2.24, 2.45) is 0 Å². The second kappa shape index (κ2) is 6.34. The fourth-order valence-electron chi connectivity index (χ4n) is 2.60. The summed E-state index contributed by atoms with van der Waals surface area (Å²) in [4.78, 5) is 37.6. The maximum Gasteiger partial charge on any atom is 0.352 e. The highest BCUT2D eigenvalue weighted by molar-refractivity contribution is 8.00. The predicted octanol–water partition coefficient (Wildman–Crippen LogP) is 0.0215. The van der Waals surface area contributed by atoms with E-state index in [0.717, 1.165) is 9.78 Å². The van der Waals surface area contributed by atoms with Crippen LogP contribution in [0.3, 0.4) is 0 Å². The van der Waals surface area contributed by atoms with Gasteiger partial charge in [-0.25, -0.2) is 4.79 Å². The lowest BCUT2D eigenvalue weighted by Gasteiger charge is -2.49. The molecule has 0 spiro atoms. The zero-order valence-corrected chi connectivity index (χ0v) is 13.5. The first-order chi connectivity index (χ1) is 11.0. The minimum atomic E-state index is -1.24. The maximum atomic E-state index is 12.2. The number of thioether (sulfide) groups is 1. The molecule has 3 rings (SSSR count). The highest BCUT2D eigenvalue weighted by atomic mass is 32.2. The number of amides is 2. The summed E-state index contributed by atoms with van der Waals surface area (Å²) in [5.74, 6) is -1.63. The molecule has 1 aromatic rings. The van der Waals surface area contributed by atoms with Crippen LogP contribution in [0.2, 0.25) is 0 Å². The van der Waals surface area contributed by atoms with E-state index in [1.165, 1.54) is 23.1 Å². The molecule has 1 unspecified atom stereocenters. The molecule has 2 atom stereocenters. The quantitative estimate of drug-likeness (QED) is 0.644. The van der Waals surface area contributed by atoms with Gasteiger partial charge in [0, 0.05) is 10.6 Å². The molecular weight excluding hydrogens is 340 g/mol. The zero-order chi connectivity index (χ0) is 16.6. The number of aliphatic carboxylic acids is 1. The van der Waals surface area contributed by atoms with Gasteiger partial charge < -0.3 is 15.5 Å². The lowest BCUT2D eigenvalue weighted by molar-refractivity contribution is -0.150. The van der Waals surface area contributed by atoms with E-state index in [1.807, 2.05) is 17.5 Å². The van der Waals surface area contributed by atoms with Crippen molar-refractivity contribution in [3.63, 3.8) is 0 Å². The van der Waals surface area contributed by atoms with Crippen LogP contribution in [0.15, 0.2) is 28.8 Å². The summed E-state index contributed by atoms with van der Waals surface area (Å²) in [5.41, 5.74) is 0.153. The molecule has 9 heteroatoms. The normalized spacial score (nSPS) is 23.3. The van der Waals surface area contributed by atoms with Crippen molar-refractivity contribution in [2.45, 2.75) is 17.8 Å². The second-order valence-electron chi connectivity index (χ2n) is 5.13. The van der Waals surface area contributed by atoms with E-state index in [9.17, 15) is 24.6 Å². The van der Waals surface area contributed by atoms with E-state index >= 15 is 0 Å². The molecule has 0 aliphatic carbocycles. The van der Waals surface area contributed by atoms with E-state index in [-0.39, 0.29) is 18.0 Å². The number of thiophene rings is 1. The van der Waals surface area contributed by atoms with Crippen molar-refractivity contribution in [1.82, 2.24) is 10.2 Å². The first-order valence-corrected chi connectivity index (χ1v) is 8.78. The van der Waals surface area contributed by atoms with Crippen molar-refractivity contribution in [1.29, 1.82) is 0 Å². The number of aliphatic hydroxyl groups is 1. The molecule has 1 fully saturated rings. The molecule has 0 radical (unpaired) electrons. The smallest absolute Gasteiger partial charge is 0.352 e. The van der Waals surface area contributed by atoms with Gasteiger partial charge in [-0.3, -0.25) is 14.5 Å². The standard InChI is InChI=1S/C14H14N2O5S2/c17-5-7-6-23-13-10(12(19)16(13)11(7)14(20)21)15-9(18)4-8-2-1-3-22-8/h1-3,10,13,17H,4-6H2,(H,15,18)(H,20,21)/t10?,13-/m0/s1. The first kappa shape index (κ1) is 16.0. The van der Waals surface area contributed by atoms with Gasteiger partial charge in [-0.1, -0.05) is 6.07 Å².